The molecule has 1 aliphatic rings. The third-order valence-corrected chi connectivity index (χ3v) is 11.0. The molecule has 0 aromatic heterocycles. The Kier molecular flexibility index (Phi) is 18.4. The molecule has 300 valence electrons. The summed E-state index contributed by atoms with van der Waals surface area (Å²) in [6.07, 6.45) is 0.748. The van der Waals surface area contributed by atoms with Gasteiger partial charge in [0.2, 0.25) is 23.6 Å². The highest BCUT2D eigenvalue weighted by molar-refractivity contribution is 5.90. The van der Waals surface area contributed by atoms with Crippen LogP contribution >= 0.6 is 0 Å². The molecular formula is C40H67N5O8. The minimum absolute atomic E-state index is 0.0190. The number of carboxylic acids is 1. The third-order valence-electron chi connectivity index (χ3n) is 11.0. The number of aliphatic carboxylic acids is 1. The normalized spacial score (nSPS) is 20.5. The molecular weight excluding hydrogens is 678 g/mol. The number of nitrogens with one attached hydrogen (secondary N) is 3. The molecule has 13 heteroatoms. The summed E-state index contributed by atoms with van der Waals surface area (Å²) in [5, 5.41) is 18.6. The van der Waals surface area contributed by atoms with Gasteiger partial charge in [0, 0.05) is 33.7 Å². The minimum atomic E-state index is -1.14. The Morgan fingerprint density at radius 2 is 1.51 bits per heavy atom. The van der Waals surface area contributed by atoms with Gasteiger partial charge >= 0.3 is 5.97 Å². The largest absolute Gasteiger partial charge is 0.480 e. The number of likely N-dealkylation sites (N-methyl/N-ethyl adjacent to an activating group) is 2. The number of benzene rings is 1. The highest BCUT2D eigenvalue weighted by Crippen LogP contribution is 2.33. The average Bonchev–Trinajstić information content (AvgIpc) is 3.50. The molecule has 1 saturated heterocycles. The summed E-state index contributed by atoms with van der Waals surface area (Å²) in [6, 6.07) is 5.65. The molecule has 0 saturated carbocycles. The molecule has 2 rings (SSSR count). The van der Waals surface area contributed by atoms with Crippen LogP contribution in [0, 0.1) is 23.7 Å². The first kappa shape index (κ1) is 45.6. The molecule has 1 aliphatic heterocycles. The van der Waals surface area contributed by atoms with Crippen LogP contribution in [-0.4, -0.2) is 121 Å². The van der Waals surface area contributed by atoms with E-state index in [2.05, 4.69) is 16.0 Å². The van der Waals surface area contributed by atoms with Gasteiger partial charge in [-0.2, -0.15) is 0 Å². The summed E-state index contributed by atoms with van der Waals surface area (Å²) in [6.45, 7) is 15.4. The van der Waals surface area contributed by atoms with E-state index in [0.29, 0.717) is 19.3 Å². The maximum absolute atomic E-state index is 14.3. The fourth-order valence-electron chi connectivity index (χ4n) is 7.72. The molecule has 10 atom stereocenters. The standard InChI is InChI=1S/C40H67N5O8/c1-13-25(6)35(44(10)39(49)34(24(4)5)43-38(48)33(41-9)23(2)3)31(52-11)22-32(46)45-26(7)19-20-30(45)36(53-12)27(8)37(47)42-29(40(50)51)21-28-17-15-14-16-18-28/h14-18,23-27,29-31,33-36,41H,13,19-22H2,1-12H3,(H,42,47)(H,43,48)(H,50,51)/t25-,26-,27+,29?,30-,31+,33-,34-,35?,36+/m0/s1. The van der Waals surface area contributed by atoms with Gasteiger partial charge in [-0.05, 0) is 50.1 Å². The Labute approximate surface area is 317 Å². The number of hydrogen-bond donors (Lipinski definition) is 4. The lowest BCUT2D eigenvalue weighted by Crippen LogP contribution is -2.59. The molecule has 53 heavy (non-hydrogen) atoms. The summed E-state index contributed by atoms with van der Waals surface area (Å²) >= 11 is 0. The predicted molar refractivity (Wildman–Crippen MR) is 205 cm³/mol. The number of carboxylic acid groups (broad SMARTS) is 1. The van der Waals surface area contributed by atoms with Crippen molar-refractivity contribution in [1.29, 1.82) is 0 Å². The second kappa shape index (κ2) is 21.4. The summed E-state index contributed by atoms with van der Waals surface area (Å²) in [4.78, 5) is 70.8. The van der Waals surface area contributed by atoms with Gasteiger partial charge in [0.25, 0.3) is 0 Å². The van der Waals surface area contributed by atoms with Crippen LogP contribution in [0.5, 0.6) is 0 Å². The van der Waals surface area contributed by atoms with Gasteiger partial charge in [0.05, 0.1) is 42.7 Å². The lowest BCUT2D eigenvalue weighted by Gasteiger charge is -2.41. The minimum Gasteiger partial charge on any atom is -0.480 e. The number of methoxy groups -OCH3 is 2. The van der Waals surface area contributed by atoms with Gasteiger partial charge in [-0.25, -0.2) is 4.79 Å². The van der Waals surface area contributed by atoms with Gasteiger partial charge in [-0.3, -0.25) is 19.2 Å². The number of carbonyl (C=O) groups excluding carboxylic acids is 4. The second-order valence-electron chi connectivity index (χ2n) is 15.4. The second-order valence-corrected chi connectivity index (χ2v) is 15.4. The van der Waals surface area contributed by atoms with Gasteiger partial charge in [0.15, 0.2) is 0 Å². The van der Waals surface area contributed by atoms with Crippen LogP contribution in [0.25, 0.3) is 0 Å². The molecule has 0 bridgehead atoms. The summed E-state index contributed by atoms with van der Waals surface area (Å²) in [7, 11) is 6.47. The number of hydrogen-bond acceptors (Lipinski definition) is 8. The molecule has 13 nitrogen and oxygen atoms in total. The quantitative estimate of drug-likeness (QED) is 0.147. The number of rotatable bonds is 21. The maximum Gasteiger partial charge on any atom is 0.326 e. The Morgan fingerprint density at radius 1 is 0.906 bits per heavy atom. The highest BCUT2D eigenvalue weighted by atomic mass is 16.5. The van der Waals surface area contributed by atoms with E-state index in [1.165, 1.54) is 14.2 Å². The zero-order valence-corrected chi connectivity index (χ0v) is 34.0. The van der Waals surface area contributed by atoms with Crippen LogP contribution in [0.2, 0.25) is 0 Å². The average molecular weight is 746 g/mol. The summed E-state index contributed by atoms with van der Waals surface area (Å²) in [5.74, 6) is -3.30. The fourth-order valence-corrected chi connectivity index (χ4v) is 7.72. The lowest BCUT2D eigenvalue weighted by atomic mass is 9.89. The Hall–Kier alpha value is -3.55. The molecule has 4 amide bonds. The molecule has 0 radical (unpaired) electrons. The van der Waals surface area contributed by atoms with Gasteiger partial charge in [-0.15, -0.1) is 0 Å². The zero-order valence-electron chi connectivity index (χ0n) is 34.0. The number of likely N-dealkylation sites (tertiary alicyclic amines) is 1. The highest BCUT2D eigenvalue weighted by Gasteiger charge is 2.45. The van der Waals surface area contributed by atoms with Crippen molar-refractivity contribution in [2.24, 2.45) is 23.7 Å². The van der Waals surface area contributed by atoms with Crippen molar-refractivity contribution in [2.45, 2.75) is 136 Å². The topological polar surface area (TPSA) is 167 Å². The van der Waals surface area contributed by atoms with Crippen LogP contribution in [-0.2, 0) is 39.9 Å². The van der Waals surface area contributed by atoms with Crippen LogP contribution in [0.15, 0.2) is 30.3 Å². The number of ether oxygens (including phenoxy) is 2. The molecule has 1 aromatic rings. The van der Waals surface area contributed by atoms with E-state index in [4.69, 9.17) is 9.47 Å². The van der Waals surface area contributed by atoms with Gasteiger partial charge in [-0.1, -0.05) is 85.2 Å². The molecule has 4 N–H and O–H groups in total. The van der Waals surface area contributed by atoms with E-state index >= 15 is 0 Å². The van der Waals surface area contributed by atoms with E-state index in [-0.39, 0.29) is 54.4 Å². The Morgan fingerprint density at radius 3 is 2.00 bits per heavy atom. The fraction of sp³-hybridized carbons (Fsp3) is 0.725. The number of nitrogens with zero attached hydrogens (tertiary/aromatic N) is 2. The first-order valence-corrected chi connectivity index (χ1v) is 19.1. The van der Waals surface area contributed by atoms with Crippen molar-refractivity contribution in [3.63, 3.8) is 0 Å². The monoisotopic (exact) mass is 745 g/mol. The van der Waals surface area contributed by atoms with Crippen molar-refractivity contribution in [1.82, 2.24) is 25.8 Å². The van der Waals surface area contributed by atoms with E-state index in [9.17, 15) is 29.1 Å². The zero-order chi connectivity index (χ0) is 40.2. The first-order valence-electron chi connectivity index (χ1n) is 19.1. The molecule has 0 spiro atoms. The Balaban J connectivity index is 2.31. The van der Waals surface area contributed by atoms with Crippen molar-refractivity contribution in [3.05, 3.63) is 35.9 Å². The maximum atomic E-state index is 14.3. The molecule has 2 unspecified atom stereocenters. The number of carbonyl (C=O) groups is 5. The van der Waals surface area contributed by atoms with E-state index in [1.54, 1.807) is 30.8 Å². The lowest BCUT2D eigenvalue weighted by molar-refractivity contribution is -0.149. The first-order chi connectivity index (χ1) is 24.9. The molecule has 0 aliphatic carbocycles. The van der Waals surface area contributed by atoms with Crippen molar-refractivity contribution >= 4 is 29.6 Å². The van der Waals surface area contributed by atoms with Gasteiger partial charge < -0.3 is 40.3 Å². The van der Waals surface area contributed by atoms with E-state index in [0.717, 1.165) is 5.56 Å². The smallest absolute Gasteiger partial charge is 0.326 e. The molecule has 1 heterocycles. The Bertz CT molecular complexity index is 1340. The molecule has 1 aromatic carbocycles. The van der Waals surface area contributed by atoms with Crippen LogP contribution in [0.4, 0.5) is 0 Å². The third kappa shape index (κ3) is 12.0. The SMILES string of the molecule is CC[C@H](C)C([C@@H](CC(=O)N1[C@@H](C)CC[C@H]1[C@H](OC)[C@@H](C)C(=O)NC(Cc1ccccc1)C(=O)O)OC)N(C)C(=O)[C@@H](NC(=O)[C@@H](NC)C(C)C)C(C)C. The van der Waals surface area contributed by atoms with E-state index in [1.807, 2.05) is 78.8 Å². The van der Waals surface area contributed by atoms with Crippen molar-refractivity contribution in [2.75, 3.05) is 28.3 Å². The van der Waals surface area contributed by atoms with Gasteiger partial charge in [0.1, 0.15) is 12.1 Å². The van der Waals surface area contributed by atoms with E-state index < -0.39 is 60.2 Å². The van der Waals surface area contributed by atoms with Crippen LogP contribution in [0.1, 0.15) is 86.6 Å². The van der Waals surface area contributed by atoms with Crippen molar-refractivity contribution in [3.8, 4) is 0 Å². The summed E-state index contributed by atoms with van der Waals surface area (Å²) in [5.41, 5.74) is 0.784. The summed E-state index contributed by atoms with van der Waals surface area (Å²) < 4.78 is 11.9. The van der Waals surface area contributed by atoms with Crippen molar-refractivity contribution < 1.29 is 38.6 Å². The van der Waals surface area contributed by atoms with Crippen LogP contribution < -0.4 is 16.0 Å². The van der Waals surface area contributed by atoms with Crippen LogP contribution in [0.3, 0.4) is 0 Å². The number of amides is 4. The molecule has 1 fully saturated rings. The predicted octanol–water partition coefficient (Wildman–Crippen LogP) is 3.49.